The number of nitrogens with zero attached hydrogens (tertiary/aromatic N) is 1. The molecular formula is C24H25N3O5. The Bertz CT molecular complexity index is 1130. The summed E-state index contributed by atoms with van der Waals surface area (Å²) in [5.74, 6) is 1.05. The molecule has 1 aromatic heterocycles. The third-order valence-electron chi connectivity index (χ3n) is 4.71. The maximum Gasteiger partial charge on any atom is 0.337 e. The fraction of sp³-hybridized carbons (Fsp3) is 0.208. The Morgan fingerprint density at radius 3 is 2.50 bits per heavy atom. The third kappa shape index (κ3) is 5.75. The minimum Gasteiger partial charge on any atom is -0.484 e. The molecular weight excluding hydrogens is 410 g/mol. The van der Waals surface area contributed by atoms with E-state index in [1.165, 1.54) is 18.7 Å². The van der Waals surface area contributed by atoms with Gasteiger partial charge in [0.05, 0.1) is 18.4 Å². The fourth-order valence-corrected chi connectivity index (χ4v) is 2.85. The van der Waals surface area contributed by atoms with Crippen molar-refractivity contribution in [3.63, 3.8) is 0 Å². The van der Waals surface area contributed by atoms with Crippen LogP contribution >= 0.6 is 0 Å². The molecule has 2 N–H and O–H groups in total. The number of anilines is 2. The average Bonchev–Trinajstić information content (AvgIpc) is 2.80. The summed E-state index contributed by atoms with van der Waals surface area (Å²) < 4.78 is 16.0. The van der Waals surface area contributed by atoms with Crippen LogP contribution in [-0.2, 0) is 9.53 Å². The van der Waals surface area contributed by atoms with Crippen molar-refractivity contribution in [3.8, 4) is 17.4 Å². The number of methoxy groups -OCH3 is 1. The molecule has 2 aromatic carbocycles. The maximum atomic E-state index is 12.4. The predicted molar refractivity (Wildman–Crippen MR) is 122 cm³/mol. The van der Waals surface area contributed by atoms with Gasteiger partial charge in [-0.2, -0.15) is 4.98 Å². The van der Waals surface area contributed by atoms with E-state index in [9.17, 15) is 9.59 Å². The van der Waals surface area contributed by atoms with Gasteiger partial charge in [-0.05, 0) is 61.4 Å². The van der Waals surface area contributed by atoms with Gasteiger partial charge in [-0.25, -0.2) is 4.79 Å². The van der Waals surface area contributed by atoms with Crippen molar-refractivity contribution in [2.45, 2.75) is 13.8 Å². The van der Waals surface area contributed by atoms with Gasteiger partial charge in [0, 0.05) is 13.1 Å². The monoisotopic (exact) mass is 435 g/mol. The highest BCUT2D eigenvalue weighted by atomic mass is 16.5. The van der Waals surface area contributed by atoms with E-state index in [1.807, 2.05) is 32.0 Å². The Labute approximate surface area is 186 Å². The van der Waals surface area contributed by atoms with Gasteiger partial charge in [0.2, 0.25) is 5.88 Å². The standard InChI is InChI=1S/C24H25N3O5/c1-15-8-9-19(12-16(15)2)32-22-11-10-20(23(25-3)27-22)26-21(28)14-31-18-7-5-6-17(13-18)24(29)30-4/h5-13H,14H2,1-4H3,(H,25,27)(H,26,28). The molecule has 0 radical (unpaired) electrons. The molecule has 3 rings (SSSR count). The Hall–Kier alpha value is -4.07. The number of carbonyl (C=O) groups is 2. The first kappa shape index (κ1) is 22.6. The summed E-state index contributed by atoms with van der Waals surface area (Å²) in [6.07, 6.45) is 0. The van der Waals surface area contributed by atoms with Crippen LogP contribution in [0, 0.1) is 13.8 Å². The molecule has 1 heterocycles. The van der Waals surface area contributed by atoms with Gasteiger partial charge in [0.1, 0.15) is 11.5 Å². The van der Waals surface area contributed by atoms with Gasteiger partial charge in [-0.1, -0.05) is 12.1 Å². The summed E-state index contributed by atoms with van der Waals surface area (Å²) in [5, 5.41) is 5.70. The number of amides is 1. The zero-order chi connectivity index (χ0) is 23.1. The number of ether oxygens (including phenoxy) is 3. The molecule has 0 bridgehead atoms. The van der Waals surface area contributed by atoms with Crippen LogP contribution in [0.5, 0.6) is 17.4 Å². The van der Waals surface area contributed by atoms with E-state index < -0.39 is 5.97 Å². The predicted octanol–water partition coefficient (Wildman–Crippen LogP) is 4.34. The van der Waals surface area contributed by atoms with E-state index >= 15 is 0 Å². The van der Waals surface area contributed by atoms with Crippen molar-refractivity contribution in [3.05, 3.63) is 71.3 Å². The summed E-state index contributed by atoms with van der Waals surface area (Å²) in [4.78, 5) is 28.4. The third-order valence-corrected chi connectivity index (χ3v) is 4.71. The molecule has 8 nitrogen and oxygen atoms in total. The number of pyridine rings is 1. The molecule has 0 spiro atoms. The molecule has 0 atom stereocenters. The first-order chi connectivity index (χ1) is 15.4. The lowest BCUT2D eigenvalue weighted by atomic mass is 10.1. The van der Waals surface area contributed by atoms with Crippen LogP contribution in [0.25, 0.3) is 0 Å². The summed E-state index contributed by atoms with van der Waals surface area (Å²) in [6.45, 7) is 3.81. The van der Waals surface area contributed by atoms with Crippen molar-refractivity contribution in [2.24, 2.45) is 0 Å². The first-order valence-corrected chi connectivity index (χ1v) is 9.94. The minimum atomic E-state index is -0.479. The number of aryl methyl sites for hydroxylation is 2. The largest absolute Gasteiger partial charge is 0.484 e. The van der Waals surface area contributed by atoms with Crippen molar-refractivity contribution >= 4 is 23.4 Å². The van der Waals surface area contributed by atoms with Gasteiger partial charge in [-0.15, -0.1) is 0 Å². The average molecular weight is 435 g/mol. The molecule has 0 aliphatic rings. The normalized spacial score (nSPS) is 10.2. The van der Waals surface area contributed by atoms with Gasteiger partial charge >= 0.3 is 5.97 Å². The first-order valence-electron chi connectivity index (χ1n) is 9.94. The Morgan fingerprint density at radius 2 is 1.78 bits per heavy atom. The van der Waals surface area contributed by atoms with Crippen molar-refractivity contribution in [1.29, 1.82) is 0 Å². The zero-order valence-corrected chi connectivity index (χ0v) is 18.4. The molecule has 0 saturated heterocycles. The van der Waals surface area contributed by atoms with Crippen molar-refractivity contribution < 1.29 is 23.8 Å². The number of nitrogens with one attached hydrogen (secondary N) is 2. The number of hydrogen-bond donors (Lipinski definition) is 2. The molecule has 0 aliphatic carbocycles. The summed E-state index contributed by atoms with van der Waals surface area (Å²) in [7, 11) is 3.00. The Morgan fingerprint density at radius 1 is 0.969 bits per heavy atom. The van der Waals surface area contributed by atoms with Crippen LogP contribution in [0.4, 0.5) is 11.5 Å². The highest BCUT2D eigenvalue weighted by molar-refractivity contribution is 5.94. The molecule has 0 aliphatic heterocycles. The summed E-state index contributed by atoms with van der Waals surface area (Å²) in [6, 6.07) is 15.6. The molecule has 3 aromatic rings. The molecule has 32 heavy (non-hydrogen) atoms. The number of hydrogen-bond acceptors (Lipinski definition) is 7. The maximum absolute atomic E-state index is 12.4. The van der Waals surface area contributed by atoms with E-state index in [-0.39, 0.29) is 12.5 Å². The van der Waals surface area contributed by atoms with Crippen LogP contribution in [-0.4, -0.2) is 37.6 Å². The quantitative estimate of drug-likeness (QED) is 0.508. The van der Waals surface area contributed by atoms with E-state index in [0.29, 0.717) is 34.4 Å². The van der Waals surface area contributed by atoms with Gasteiger partial charge in [0.15, 0.2) is 12.4 Å². The molecule has 0 fully saturated rings. The zero-order valence-electron chi connectivity index (χ0n) is 18.4. The van der Waals surface area contributed by atoms with Crippen molar-refractivity contribution in [2.75, 3.05) is 31.4 Å². The van der Waals surface area contributed by atoms with Crippen molar-refractivity contribution in [1.82, 2.24) is 4.98 Å². The Balaban J connectivity index is 1.63. The second kappa shape index (κ2) is 10.3. The van der Waals surface area contributed by atoms with Crippen LogP contribution in [0.1, 0.15) is 21.5 Å². The van der Waals surface area contributed by atoms with Crippen LogP contribution < -0.4 is 20.1 Å². The van der Waals surface area contributed by atoms with Crippen LogP contribution in [0.3, 0.4) is 0 Å². The number of rotatable bonds is 8. The molecule has 0 saturated carbocycles. The van der Waals surface area contributed by atoms with E-state index in [2.05, 4.69) is 20.4 Å². The lowest BCUT2D eigenvalue weighted by Crippen LogP contribution is -2.21. The molecule has 0 unspecified atom stereocenters. The van der Waals surface area contributed by atoms with Gasteiger partial charge in [-0.3, -0.25) is 4.79 Å². The van der Waals surface area contributed by atoms with E-state index in [0.717, 1.165) is 5.56 Å². The van der Waals surface area contributed by atoms with Gasteiger partial charge < -0.3 is 24.8 Å². The lowest BCUT2D eigenvalue weighted by Gasteiger charge is -2.13. The summed E-state index contributed by atoms with van der Waals surface area (Å²) in [5.41, 5.74) is 3.12. The van der Waals surface area contributed by atoms with Crippen LogP contribution in [0.15, 0.2) is 54.6 Å². The van der Waals surface area contributed by atoms with Crippen LogP contribution in [0.2, 0.25) is 0 Å². The van der Waals surface area contributed by atoms with E-state index in [4.69, 9.17) is 9.47 Å². The smallest absolute Gasteiger partial charge is 0.337 e. The highest BCUT2D eigenvalue weighted by Crippen LogP contribution is 2.27. The number of carbonyl (C=O) groups excluding carboxylic acids is 2. The fourth-order valence-electron chi connectivity index (χ4n) is 2.85. The molecule has 1 amide bonds. The SMILES string of the molecule is CNc1nc(Oc2ccc(C)c(C)c2)ccc1NC(=O)COc1cccc(C(=O)OC)c1. The second-order valence-corrected chi connectivity index (χ2v) is 7.00. The lowest BCUT2D eigenvalue weighted by molar-refractivity contribution is -0.118. The number of esters is 1. The summed E-state index contributed by atoms with van der Waals surface area (Å²) >= 11 is 0. The topological polar surface area (TPSA) is 98.8 Å². The second-order valence-electron chi connectivity index (χ2n) is 7.00. The molecule has 166 valence electrons. The molecule has 8 heteroatoms. The Kier molecular flexibility index (Phi) is 7.28. The minimum absolute atomic E-state index is 0.241. The van der Waals surface area contributed by atoms with E-state index in [1.54, 1.807) is 37.4 Å². The highest BCUT2D eigenvalue weighted by Gasteiger charge is 2.12. The van der Waals surface area contributed by atoms with Gasteiger partial charge in [0.25, 0.3) is 5.91 Å². The number of benzene rings is 2. The number of aromatic nitrogens is 1.